The molecular weight excluding hydrogens is 228 g/mol. The van der Waals surface area contributed by atoms with Crippen molar-refractivity contribution < 1.29 is 4.79 Å². The van der Waals surface area contributed by atoms with Crippen LogP contribution in [0.2, 0.25) is 0 Å². The highest BCUT2D eigenvalue weighted by atomic mass is 16.2. The summed E-state index contributed by atoms with van der Waals surface area (Å²) in [6.45, 7) is 5.54. The summed E-state index contributed by atoms with van der Waals surface area (Å²) in [5.74, 6) is 0.657. The lowest BCUT2D eigenvalue weighted by Gasteiger charge is -2.24. The molecule has 2 N–H and O–H groups in total. The molecule has 0 aliphatic carbocycles. The van der Waals surface area contributed by atoms with Gasteiger partial charge in [-0.05, 0) is 26.7 Å². The molecule has 0 saturated carbocycles. The van der Waals surface area contributed by atoms with Gasteiger partial charge in [0.25, 0.3) is 0 Å². The summed E-state index contributed by atoms with van der Waals surface area (Å²) in [7, 11) is 0. The Morgan fingerprint density at radius 3 is 2.44 bits per heavy atom. The smallest absolute Gasteiger partial charge is 0.247 e. The topological polar surface area (TPSA) is 64.2 Å². The summed E-state index contributed by atoms with van der Waals surface area (Å²) in [6.07, 6.45) is 6.52. The van der Waals surface area contributed by atoms with E-state index in [1.165, 1.54) is 12.8 Å². The van der Waals surface area contributed by atoms with Crippen LogP contribution in [0.1, 0.15) is 44.2 Å². The summed E-state index contributed by atoms with van der Waals surface area (Å²) in [6, 6.07) is -0.265. The van der Waals surface area contributed by atoms with Crippen molar-refractivity contribution in [2.45, 2.75) is 45.6 Å². The molecule has 0 spiro atoms. The van der Waals surface area contributed by atoms with Gasteiger partial charge >= 0.3 is 0 Å². The van der Waals surface area contributed by atoms with Crippen LogP contribution in [-0.4, -0.2) is 33.7 Å². The number of carbonyl (C=O) groups is 1. The minimum absolute atomic E-state index is 0.152. The molecule has 0 aromatic carbocycles. The van der Waals surface area contributed by atoms with Crippen molar-refractivity contribution in [2.75, 3.05) is 18.8 Å². The van der Waals surface area contributed by atoms with Crippen LogP contribution in [-0.2, 0) is 4.79 Å². The number of likely N-dealkylation sites (tertiary alicyclic amines) is 1. The monoisotopic (exact) mass is 250 g/mol. The molecule has 1 atom stereocenters. The molecule has 2 rings (SSSR count). The largest absolute Gasteiger partial charge is 0.382 e. The van der Waals surface area contributed by atoms with E-state index in [1.807, 2.05) is 24.9 Å². The van der Waals surface area contributed by atoms with Gasteiger partial charge in [0.15, 0.2) is 0 Å². The molecule has 5 nitrogen and oxygen atoms in total. The standard InChI is InChI=1S/C13H22N4O/c1-10-9-17(15-12(10)14)11(2)13(18)16-7-5-3-4-6-8-16/h9,11H,3-8H2,1-2H3,(H2,14,15). The lowest BCUT2D eigenvalue weighted by molar-refractivity contribution is -0.134. The first-order chi connectivity index (χ1) is 8.59. The third kappa shape index (κ3) is 2.66. The van der Waals surface area contributed by atoms with E-state index in [1.54, 1.807) is 4.68 Å². The van der Waals surface area contributed by atoms with E-state index in [9.17, 15) is 4.79 Å². The van der Waals surface area contributed by atoms with Crippen LogP contribution in [0.15, 0.2) is 6.20 Å². The molecule has 0 radical (unpaired) electrons. The molecule has 1 saturated heterocycles. The Bertz CT molecular complexity index is 399. The normalized spacial score (nSPS) is 18.4. The van der Waals surface area contributed by atoms with Crippen molar-refractivity contribution in [1.29, 1.82) is 0 Å². The molecule has 1 aromatic rings. The summed E-state index contributed by atoms with van der Waals surface area (Å²) in [5, 5.41) is 4.20. The van der Waals surface area contributed by atoms with Crippen LogP contribution < -0.4 is 5.73 Å². The summed E-state index contributed by atoms with van der Waals surface area (Å²) in [5.41, 5.74) is 6.65. The van der Waals surface area contributed by atoms with Crippen molar-refractivity contribution >= 4 is 11.7 Å². The molecule has 0 bridgehead atoms. The fourth-order valence-electron chi connectivity index (χ4n) is 2.36. The molecule has 1 unspecified atom stereocenters. The molecule has 1 aliphatic heterocycles. The van der Waals surface area contributed by atoms with Crippen LogP contribution in [0, 0.1) is 6.92 Å². The Labute approximate surface area is 108 Å². The number of aromatic nitrogens is 2. The SMILES string of the molecule is Cc1cn(C(C)C(=O)N2CCCCCC2)nc1N. The maximum absolute atomic E-state index is 12.4. The molecule has 1 amide bonds. The van der Waals surface area contributed by atoms with E-state index in [0.29, 0.717) is 5.82 Å². The summed E-state index contributed by atoms with van der Waals surface area (Å²) < 4.78 is 1.68. The highest BCUT2D eigenvalue weighted by Crippen LogP contribution is 2.17. The quantitative estimate of drug-likeness (QED) is 0.869. The number of rotatable bonds is 2. The Balaban J connectivity index is 2.07. The van der Waals surface area contributed by atoms with Crippen LogP contribution in [0.25, 0.3) is 0 Å². The maximum atomic E-state index is 12.4. The lowest BCUT2D eigenvalue weighted by atomic mass is 10.2. The second kappa shape index (κ2) is 5.42. The number of hydrogen-bond acceptors (Lipinski definition) is 3. The number of nitrogen functional groups attached to an aromatic ring is 1. The number of nitrogens with zero attached hydrogens (tertiary/aromatic N) is 3. The van der Waals surface area contributed by atoms with Gasteiger partial charge in [0, 0.05) is 24.8 Å². The van der Waals surface area contributed by atoms with Gasteiger partial charge in [0.2, 0.25) is 5.91 Å². The van der Waals surface area contributed by atoms with E-state index in [0.717, 1.165) is 31.5 Å². The number of anilines is 1. The zero-order valence-corrected chi connectivity index (χ0v) is 11.2. The molecule has 1 aromatic heterocycles. The predicted octanol–water partition coefficient (Wildman–Crippen LogP) is 1.74. The van der Waals surface area contributed by atoms with Gasteiger partial charge in [-0.3, -0.25) is 9.48 Å². The Morgan fingerprint density at radius 2 is 1.94 bits per heavy atom. The molecule has 1 fully saturated rings. The zero-order chi connectivity index (χ0) is 13.1. The van der Waals surface area contributed by atoms with Gasteiger partial charge in [-0.15, -0.1) is 0 Å². The number of aryl methyl sites for hydroxylation is 1. The second-order valence-corrected chi connectivity index (χ2v) is 5.09. The van der Waals surface area contributed by atoms with Gasteiger partial charge < -0.3 is 10.6 Å². The highest BCUT2D eigenvalue weighted by molar-refractivity contribution is 5.80. The van der Waals surface area contributed by atoms with E-state index in [2.05, 4.69) is 5.10 Å². The van der Waals surface area contributed by atoms with Crippen LogP contribution in [0.5, 0.6) is 0 Å². The van der Waals surface area contributed by atoms with Crippen molar-refractivity contribution in [3.05, 3.63) is 11.8 Å². The van der Waals surface area contributed by atoms with Gasteiger partial charge in [-0.1, -0.05) is 12.8 Å². The van der Waals surface area contributed by atoms with E-state index in [-0.39, 0.29) is 11.9 Å². The Kier molecular flexibility index (Phi) is 3.89. The Morgan fingerprint density at radius 1 is 1.33 bits per heavy atom. The molecule has 100 valence electrons. The van der Waals surface area contributed by atoms with Crippen molar-refractivity contribution in [2.24, 2.45) is 0 Å². The van der Waals surface area contributed by atoms with Gasteiger partial charge in [-0.25, -0.2) is 0 Å². The zero-order valence-electron chi connectivity index (χ0n) is 11.2. The maximum Gasteiger partial charge on any atom is 0.247 e. The van der Waals surface area contributed by atoms with Crippen molar-refractivity contribution in [3.8, 4) is 0 Å². The van der Waals surface area contributed by atoms with Crippen molar-refractivity contribution in [1.82, 2.24) is 14.7 Å². The molecular formula is C13H22N4O. The third-order valence-electron chi connectivity index (χ3n) is 3.63. The van der Waals surface area contributed by atoms with E-state index < -0.39 is 0 Å². The third-order valence-corrected chi connectivity index (χ3v) is 3.63. The first-order valence-corrected chi connectivity index (χ1v) is 6.69. The summed E-state index contributed by atoms with van der Waals surface area (Å²) >= 11 is 0. The first kappa shape index (κ1) is 12.9. The van der Waals surface area contributed by atoms with Crippen LogP contribution in [0.4, 0.5) is 5.82 Å². The number of carbonyl (C=O) groups excluding carboxylic acids is 1. The fraction of sp³-hybridized carbons (Fsp3) is 0.692. The molecule has 2 heterocycles. The first-order valence-electron chi connectivity index (χ1n) is 6.69. The lowest BCUT2D eigenvalue weighted by Crippen LogP contribution is -2.37. The summed E-state index contributed by atoms with van der Waals surface area (Å²) in [4.78, 5) is 14.4. The van der Waals surface area contributed by atoms with E-state index in [4.69, 9.17) is 5.73 Å². The second-order valence-electron chi connectivity index (χ2n) is 5.09. The number of amides is 1. The van der Waals surface area contributed by atoms with Crippen molar-refractivity contribution in [3.63, 3.8) is 0 Å². The molecule has 18 heavy (non-hydrogen) atoms. The van der Waals surface area contributed by atoms with Crippen LogP contribution >= 0.6 is 0 Å². The fourth-order valence-corrected chi connectivity index (χ4v) is 2.36. The van der Waals surface area contributed by atoms with E-state index >= 15 is 0 Å². The average Bonchev–Trinajstić information content (AvgIpc) is 2.61. The Hall–Kier alpha value is -1.52. The molecule has 5 heteroatoms. The minimum atomic E-state index is -0.265. The predicted molar refractivity (Wildman–Crippen MR) is 71.1 cm³/mol. The van der Waals surface area contributed by atoms with Crippen LogP contribution in [0.3, 0.4) is 0 Å². The average molecular weight is 250 g/mol. The van der Waals surface area contributed by atoms with Gasteiger partial charge in [0.1, 0.15) is 11.9 Å². The highest BCUT2D eigenvalue weighted by Gasteiger charge is 2.23. The number of hydrogen-bond donors (Lipinski definition) is 1. The van der Waals surface area contributed by atoms with Gasteiger partial charge in [0.05, 0.1) is 0 Å². The number of nitrogens with two attached hydrogens (primary N) is 1. The molecule has 1 aliphatic rings. The minimum Gasteiger partial charge on any atom is -0.382 e. The van der Waals surface area contributed by atoms with Gasteiger partial charge in [-0.2, -0.15) is 5.10 Å².